The molecule has 0 aliphatic heterocycles. The van der Waals surface area contributed by atoms with Crippen LogP contribution in [0.2, 0.25) is 0 Å². The van der Waals surface area contributed by atoms with Gasteiger partial charge in [-0.3, -0.25) is 5.41 Å². The first kappa shape index (κ1) is 12.5. The second kappa shape index (κ2) is 5.59. The van der Waals surface area contributed by atoms with Gasteiger partial charge in [-0.15, -0.1) is 11.3 Å². The van der Waals surface area contributed by atoms with E-state index in [2.05, 4.69) is 21.4 Å². The molecule has 2 aromatic heterocycles. The smallest absolute Gasteiger partial charge is 0.225 e. The average molecular weight is 261 g/mol. The molecule has 94 valence electrons. The second-order valence-electron chi connectivity index (χ2n) is 3.91. The number of nitrogens with zero attached hydrogens (tertiary/aromatic N) is 3. The molecule has 0 unspecified atom stereocenters. The van der Waals surface area contributed by atoms with Crippen LogP contribution in [-0.4, -0.2) is 29.4 Å². The highest BCUT2D eigenvalue weighted by Gasteiger charge is 2.07. The molecule has 5 nitrogen and oxygen atoms in total. The maximum Gasteiger partial charge on any atom is 0.225 e. The minimum atomic E-state index is -0.0368. The van der Waals surface area contributed by atoms with Crippen molar-refractivity contribution in [3.8, 4) is 0 Å². The monoisotopic (exact) mass is 261 g/mol. The van der Waals surface area contributed by atoms with Gasteiger partial charge in [-0.25, -0.2) is 9.97 Å². The van der Waals surface area contributed by atoms with E-state index in [-0.39, 0.29) is 5.84 Å². The van der Waals surface area contributed by atoms with Crippen molar-refractivity contribution in [1.82, 2.24) is 9.97 Å². The summed E-state index contributed by atoms with van der Waals surface area (Å²) >= 11 is 1.75. The van der Waals surface area contributed by atoms with Crippen molar-refractivity contribution in [2.45, 2.75) is 6.42 Å². The van der Waals surface area contributed by atoms with Crippen molar-refractivity contribution in [1.29, 1.82) is 5.41 Å². The number of thiophene rings is 1. The highest BCUT2D eigenvalue weighted by molar-refractivity contribution is 7.09. The maximum atomic E-state index is 7.36. The number of amidine groups is 1. The number of likely N-dealkylation sites (N-methyl/N-ethyl adjacent to an activating group) is 1. The normalized spacial score (nSPS) is 10.3. The van der Waals surface area contributed by atoms with E-state index >= 15 is 0 Å². The molecule has 0 bridgehead atoms. The zero-order valence-electron chi connectivity index (χ0n) is 10.1. The van der Waals surface area contributed by atoms with Crippen LogP contribution < -0.4 is 10.6 Å². The number of aromatic nitrogens is 2. The fourth-order valence-corrected chi connectivity index (χ4v) is 2.21. The molecule has 0 aromatic carbocycles. The molecule has 6 heteroatoms. The molecule has 0 aliphatic rings. The van der Waals surface area contributed by atoms with Crippen LogP contribution in [0.1, 0.15) is 10.6 Å². The number of hydrogen-bond acceptors (Lipinski definition) is 5. The summed E-state index contributed by atoms with van der Waals surface area (Å²) in [5.41, 5.74) is 5.87. The van der Waals surface area contributed by atoms with Crippen LogP contribution in [0.3, 0.4) is 0 Å². The number of nitrogens with two attached hydrogens (primary N) is 1. The third kappa shape index (κ3) is 3.04. The van der Waals surface area contributed by atoms with E-state index in [1.54, 1.807) is 23.6 Å². The van der Waals surface area contributed by atoms with Gasteiger partial charge in [-0.05, 0) is 23.9 Å². The first-order chi connectivity index (χ1) is 8.66. The molecular formula is C12H15N5S. The average Bonchev–Trinajstić information content (AvgIpc) is 2.89. The Bertz CT molecular complexity index is 523. The van der Waals surface area contributed by atoms with Crippen LogP contribution >= 0.6 is 11.3 Å². The molecule has 0 saturated carbocycles. The largest absolute Gasteiger partial charge is 0.382 e. The van der Waals surface area contributed by atoms with E-state index in [9.17, 15) is 0 Å². The molecular weight excluding hydrogens is 246 g/mol. The highest BCUT2D eigenvalue weighted by Crippen LogP contribution is 2.11. The Morgan fingerprint density at radius 3 is 3.00 bits per heavy atom. The molecule has 0 fully saturated rings. The molecule has 0 amide bonds. The Hall–Kier alpha value is -1.95. The molecule has 3 N–H and O–H groups in total. The fraction of sp³-hybridized carbons (Fsp3) is 0.250. The summed E-state index contributed by atoms with van der Waals surface area (Å²) in [5, 5.41) is 9.43. The Labute approximate surface area is 110 Å². The summed E-state index contributed by atoms with van der Waals surface area (Å²) in [6.45, 7) is 0.835. The first-order valence-electron chi connectivity index (χ1n) is 5.58. The van der Waals surface area contributed by atoms with Gasteiger partial charge in [0.25, 0.3) is 0 Å². The van der Waals surface area contributed by atoms with Crippen molar-refractivity contribution in [2.75, 3.05) is 18.5 Å². The van der Waals surface area contributed by atoms with Crippen molar-refractivity contribution in [3.05, 3.63) is 40.3 Å². The molecule has 0 radical (unpaired) electrons. The lowest BCUT2D eigenvalue weighted by Crippen LogP contribution is -2.24. The van der Waals surface area contributed by atoms with Crippen LogP contribution in [-0.2, 0) is 6.42 Å². The zero-order chi connectivity index (χ0) is 13.0. The lowest BCUT2D eigenvalue weighted by atomic mass is 10.3. The first-order valence-corrected chi connectivity index (χ1v) is 6.46. The molecule has 18 heavy (non-hydrogen) atoms. The van der Waals surface area contributed by atoms with Crippen molar-refractivity contribution >= 4 is 23.1 Å². The van der Waals surface area contributed by atoms with Crippen LogP contribution in [0, 0.1) is 5.41 Å². The van der Waals surface area contributed by atoms with E-state index in [1.807, 2.05) is 18.0 Å². The van der Waals surface area contributed by atoms with Crippen LogP contribution in [0.25, 0.3) is 0 Å². The van der Waals surface area contributed by atoms with Gasteiger partial charge in [0, 0.05) is 24.7 Å². The molecule has 2 rings (SSSR count). The van der Waals surface area contributed by atoms with Gasteiger partial charge >= 0.3 is 0 Å². The molecule has 2 aromatic rings. The summed E-state index contributed by atoms with van der Waals surface area (Å²) in [6.07, 6.45) is 2.59. The Balaban J connectivity index is 2.02. The summed E-state index contributed by atoms with van der Waals surface area (Å²) in [5.74, 6) is 0.560. The van der Waals surface area contributed by atoms with Gasteiger partial charge < -0.3 is 10.6 Å². The minimum absolute atomic E-state index is 0.0368. The third-order valence-corrected chi connectivity index (χ3v) is 3.47. The topological polar surface area (TPSA) is 78.9 Å². The van der Waals surface area contributed by atoms with Crippen molar-refractivity contribution in [3.63, 3.8) is 0 Å². The van der Waals surface area contributed by atoms with E-state index < -0.39 is 0 Å². The summed E-state index contributed by atoms with van der Waals surface area (Å²) < 4.78 is 0. The molecule has 2 heterocycles. The summed E-state index contributed by atoms with van der Waals surface area (Å²) in [7, 11) is 1.94. The number of nitrogens with one attached hydrogen (secondary N) is 1. The predicted molar refractivity (Wildman–Crippen MR) is 74.3 cm³/mol. The van der Waals surface area contributed by atoms with Crippen molar-refractivity contribution < 1.29 is 0 Å². The second-order valence-corrected chi connectivity index (χ2v) is 4.94. The van der Waals surface area contributed by atoms with Crippen LogP contribution in [0.5, 0.6) is 0 Å². The predicted octanol–water partition coefficient (Wildman–Crippen LogP) is 1.50. The lowest BCUT2D eigenvalue weighted by molar-refractivity contribution is 0.843. The molecule has 0 saturated heterocycles. The minimum Gasteiger partial charge on any atom is -0.382 e. The Morgan fingerprint density at radius 1 is 1.50 bits per heavy atom. The number of nitrogen functional groups attached to an aromatic ring is 1. The van der Waals surface area contributed by atoms with Gasteiger partial charge in [-0.1, -0.05) is 6.07 Å². The molecule has 0 atom stereocenters. The highest BCUT2D eigenvalue weighted by atomic mass is 32.1. The zero-order valence-corrected chi connectivity index (χ0v) is 10.9. The Kier molecular flexibility index (Phi) is 3.88. The summed E-state index contributed by atoms with van der Waals surface area (Å²) in [4.78, 5) is 11.7. The van der Waals surface area contributed by atoms with E-state index in [4.69, 9.17) is 11.1 Å². The van der Waals surface area contributed by atoms with Crippen molar-refractivity contribution in [2.24, 2.45) is 5.73 Å². The molecule has 0 spiro atoms. The van der Waals surface area contributed by atoms with Gasteiger partial charge in [-0.2, -0.15) is 0 Å². The third-order valence-electron chi connectivity index (χ3n) is 2.53. The quantitative estimate of drug-likeness (QED) is 0.631. The van der Waals surface area contributed by atoms with Gasteiger partial charge in [0.2, 0.25) is 5.95 Å². The SMILES string of the molecule is CN(CCc1cccs1)c1nccc(C(=N)N)n1. The standard InChI is InChI=1S/C12H15N5S/c1-17(7-5-9-3-2-8-18-9)12-15-6-4-10(16-12)11(13)14/h2-4,6,8H,5,7H2,1H3,(H3,13,14). The number of hydrogen-bond donors (Lipinski definition) is 2. The van der Waals surface area contributed by atoms with E-state index in [0.29, 0.717) is 11.6 Å². The van der Waals surface area contributed by atoms with E-state index in [1.165, 1.54) is 4.88 Å². The van der Waals surface area contributed by atoms with Crippen LogP contribution in [0.4, 0.5) is 5.95 Å². The van der Waals surface area contributed by atoms with Gasteiger partial charge in [0.15, 0.2) is 0 Å². The lowest BCUT2D eigenvalue weighted by Gasteiger charge is -2.16. The maximum absolute atomic E-state index is 7.36. The van der Waals surface area contributed by atoms with E-state index in [0.717, 1.165) is 13.0 Å². The molecule has 0 aliphatic carbocycles. The number of anilines is 1. The fourth-order valence-electron chi connectivity index (χ4n) is 1.52. The van der Waals surface area contributed by atoms with Gasteiger partial charge in [0.05, 0.1) is 0 Å². The van der Waals surface area contributed by atoms with Crippen LogP contribution in [0.15, 0.2) is 29.8 Å². The Morgan fingerprint density at radius 2 is 2.33 bits per heavy atom. The van der Waals surface area contributed by atoms with Gasteiger partial charge in [0.1, 0.15) is 11.5 Å². The number of rotatable bonds is 5. The summed E-state index contributed by atoms with van der Waals surface area (Å²) in [6, 6.07) is 5.80.